The standard InChI is InChI=1S/C29H23F3N4O3/c30-29(31,32)22-4-2-1-3-18(22)26-19(27(39-35-26)15-5-6-15)9-8-17-20-13-36(14-21(17)20)16-7-10-23-24(11-16)34-25(12-33-23)28(37)38/h1-4,7-12,15,17,20-21H,5-6,13-14H2,(H,37,38). The summed E-state index contributed by atoms with van der Waals surface area (Å²) in [5.74, 6) is 0.953. The van der Waals surface area contributed by atoms with Crippen molar-refractivity contribution in [2.75, 3.05) is 18.0 Å². The lowest BCUT2D eigenvalue weighted by atomic mass is 9.98. The van der Waals surface area contributed by atoms with E-state index in [1.165, 1.54) is 18.3 Å². The lowest BCUT2D eigenvalue weighted by molar-refractivity contribution is -0.137. The van der Waals surface area contributed by atoms with Gasteiger partial charge in [-0.25, -0.2) is 9.78 Å². The number of aromatic carboxylic acids is 1. The molecule has 10 heteroatoms. The fourth-order valence-electron chi connectivity index (χ4n) is 5.82. The van der Waals surface area contributed by atoms with Gasteiger partial charge in [-0.3, -0.25) is 4.98 Å². The highest BCUT2D eigenvalue weighted by Crippen LogP contribution is 2.54. The molecule has 2 unspecified atom stereocenters. The zero-order valence-electron chi connectivity index (χ0n) is 20.6. The number of nitrogens with zero attached hydrogens (tertiary/aromatic N) is 4. The van der Waals surface area contributed by atoms with Crippen molar-refractivity contribution >= 4 is 28.8 Å². The van der Waals surface area contributed by atoms with Crippen molar-refractivity contribution < 1.29 is 27.6 Å². The van der Waals surface area contributed by atoms with Crippen molar-refractivity contribution in [3.63, 3.8) is 0 Å². The number of fused-ring (bicyclic) bond motifs is 2. The third-order valence-corrected chi connectivity index (χ3v) is 8.05. The van der Waals surface area contributed by atoms with Crippen LogP contribution in [0.3, 0.4) is 0 Å². The Morgan fingerprint density at radius 3 is 2.56 bits per heavy atom. The number of piperidine rings is 1. The summed E-state index contributed by atoms with van der Waals surface area (Å²) in [5.41, 5.74) is 2.26. The van der Waals surface area contributed by atoms with E-state index in [-0.39, 0.29) is 22.9 Å². The minimum atomic E-state index is -4.49. The number of hydrogen-bond donors (Lipinski definition) is 1. The van der Waals surface area contributed by atoms with Gasteiger partial charge >= 0.3 is 12.1 Å². The topological polar surface area (TPSA) is 92.3 Å². The van der Waals surface area contributed by atoms with E-state index in [0.717, 1.165) is 37.7 Å². The van der Waals surface area contributed by atoms with E-state index in [4.69, 9.17) is 4.52 Å². The summed E-state index contributed by atoms with van der Waals surface area (Å²) in [6.45, 7) is 1.67. The largest absolute Gasteiger partial charge is 0.476 e. The first-order chi connectivity index (χ1) is 18.8. The van der Waals surface area contributed by atoms with Gasteiger partial charge in [0.15, 0.2) is 5.69 Å². The molecule has 2 atom stereocenters. The Balaban J connectivity index is 1.11. The van der Waals surface area contributed by atoms with Gasteiger partial charge < -0.3 is 14.5 Å². The minimum absolute atomic E-state index is 0.0351. The van der Waals surface area contributed by atoms with Gasteiger partial charge in [-0.15, -0.1) is 0 Å². The second kappa shape index (κ2) is 8.65. The van der Waals surface area contributed by atoms with Crippen LogP contribution in [-0.4, -0.2) is 39.3 Å². The van der Waals surface area contributed by atoms with E-state index in [1.807, 2.05) is 24.3 Å². The summed E-state index contributed by atoms with van der Waals surface area (Å²) < 4.78 is 46.8. The molecule has 3 fully saturated rings. The second-order valence-electron chi connectivity index (χ2n) is 10.5. The van der Waals surface area contributed by atoms with Crippen molar-refractivity contribution in [1.82, 2.24) is 15.1 Å². The van der Waals surface area contributed by atoms with Crippen LogP contribution in [0.4, 0.5) is 18.9 Å². The number of aromatic nitrogens is 3. The van der Waals surface area contributed by atoms with Gasteiger partial charge in [0, 0.05) is 35.8 Å². The number of rotatable bonds is 6. The number of carboxylic acid groups (broad SMARTS) is 1. The number of halogens is 3. The molecule has 3 heterocycles. The lowest BCUT2D eigenvalue weighted by Gasteiger charge is -2.21. The predicted octanol–water partition coefficient (Wildman–Crippen LogP) is 6.27. The SMILES string of the molecule is O=C(O)c1cnc2ccc(N3CC4C(C=Cc5c(-c6ccccc6C(F)(F)F)noc5C5CC5)C4C3)cc2n1. The summed E-state index contributed by atoms with van der Waals surface area (Å²) in [7, 11) is 0. The normalized spacial score (nSPS) is 22.5. The van der Waals surface area contributed by atoms with Gasteiger partial charge in [0.05, 0.1) is 22.8 Å². The minimum Gasteiger partial charge on any atom is -0.476 e. The van der Waals surface area contributed by atoms with Crippen LogP contribution >= 0.6 is 0 Å². The van der Waals surface area contributed by atoms with Crippen molar-refractivity contribution in [3.05, 3.63) is 77.3 Å². The van der Waals surface area contributed by atoms with Crippen molar-refractivity contribution in [1.29, 1.82) is 0 Å². The molecule has 2 saturated carbocycles. The Morgan fingerprint density at radius 1 is 1.08 bits per heavy atom. The van der Waals surface area contributed by atoms with E-state index in [0.29, 0.717) is 40.1 Å². The number of alkyl halides is 3. The molecule has 1 N–H and O–H groups in total. The highest BCUT2D eigenvalue weighted by Gasteiger charge is 2.54. The van der Waals surface area contributed by atoms with Crippen LogP contribution in [-0.2, 0) is 6.18 Å². The Morgan fingerprint density at radius 2 is 1.85 bits per heavy atom. The Bertz CT molecular complexity index is 1630. The molecule has 1 aliphatic heterocycles. The molecule has 39 heavy (non-hydrogen) atoms. The second-order valence-corrected chi connectivity index (χ2v) is 10.5. The van der Waals surface area contributed by atoms with Crippen molar-refractivity contribution in [2.45, 2.75) is 24.9 Å². The van der Waals surface area contributed by atoms with E-state index >= 15 is 0 Å². The number of allylic oxidation sites excluding steroid dienone is 1. The number of anilines is 1. The van der Waals surface area contributed by atoms with E-state index < -0.39 is 17.7 Å². The monoisotopic (exact) mass is 532 g/mol. The fraction of sp³-hybridized carbons (Fsp3) is 0.310. The van der Waals surface area contributed by atoms with Crippen LogP contribution in [0.2, 0.25) is 0 Å². The fourth-order valence-corrected chi connectivity index (χ4v) is 5.82. The lowest BCUT2D eigenvalue weighted by Crippen LogP contribution is -2.23. The number of hydrogen-bond acceptors (Lipinski definition) is 6. The van der Waals surface area contributed by atoms with E-state index in [1.54, 1.807) is 6.07 Å². The van der Waals surface area contributed by atoms with Crippen LogP contribution in [0.1, 0.15) is 46.1 Å². The summed E-state index contributed by atoms with van der Waals surface area (Å²) in [6.07, 6.45) is 2.68. The summed E-state index contributed by atoms with van der Waals surface area (Å²) >= 11 is 0. The summed E-state index contributed by atoms with van der Waals surface area (Å²) in [4.78, 5) is 21.9. The molecule has 2 aliphatic carbocycles. The van der Waals surface area contributed by atoms with Gasteiger partial charge in [-0.05, 0) is 54.9 Å². The average molecular weight is 533 g/mol. The molecular formula is C29H23F3N4O3. The Kier molecular flexibility index (Phi) is 5.30. The van der Waals surface area contributed by atoms with E-state index in [9.17, 15) is 23.1 Å². The molecule has 0 spiro atoms. The first-order valence-electron chi connectivity index (χ1n) is 12.9. The zero-order valence-corrected chi connectivity index (χ0v) is 20.6. The molecule has 0 amide bonds. The average Bonchev–Trinajstić information content (AvgIpc) is 3.78. The van der Waals surface area contributed by atoms with Crippen LogP contribution in [0, 0.1) is 17.8 Å². The van der Waals surface area contributed by atoms with Gasteiger partial charge in [-0.2, -0.15) is 13.2 Å². The zero-order chi connectivity index (χ0) is 26.9. The van der Waals surface area contributed by atoms with Gasteiger partial charge in [0.2, 0.25) is 0 Å². The third kappa shape index (κ3) is 4.24. The summed E-state index contributed by atoms with van der Waals surface area (Å²) in [6, 6.07) is 11.2. The maximum absolute atomic E-state index is 13.7. The van der Waals surface area contributed by atoms with Crippen LogP contribution in [0.5, 0.6) is 0 Å². The Hall–Kier alpha value is -4.21. The van der Waals surface area contributed by atoms with Gasteiger partial charge in [-0.1, -0.05) is 35.5 Å². The highest BCUT2D eigenvalue weighted by molar-refractivity contribution is 5.88. The molecule has 1 saturated heterocycles. The van der Waals surface area contributed by atoms with Crippen LogP contribution in [0.15, 0.2) is 59.3 Å². The van der Waals surface area contributed by atoms with Crippen LogP contribution in [0.25, 0.3) is 28.4 Å². The molecule has 0 radical (unpaired) electrons. The molecule has 7 nitrogen and oxygen atoms in total. The van der Waals surface area contributed by atoms with Crippen molar-refractivity contribution in [3.8, 4) is 11.3 Å². The molecule has 0 bridgehead atoms. The maximum atomic E-state index is 13.7. The smallest absolute Gasteiger partial charge is 0.417 e. The molecule has 7 rings (SSSR count). The van der Waals surface area contributed by atoms with Gasteiger partial charge in [0.1, 0.15) is 11.5 Å². The highest BCUT2D eigenvalue weighted by atomic mass is 19.4. The number of benzene rings is 2. The molecule has 4 aromatic rings. The first kappa shape index (κ1) is 23.9. The number of carbonyl (C=O) groups is 1. The quantitative estimate of drug-likeness (QED) is 0.313. The van der Waals surface area contributed by atoms with E-state index in [2.05, 4.69) is 26.1 Å². The number of carboxylic acids is 1. The predicted molar refractivity (Wildman–Crippen MR) is 137 cm³/mol. The third-order valence-electron chi connectivity index (χ3n) is 8.05. The summed E-state index contributed by atoms with van der Waals surface area (Å²) in [5, 5.41) is 13.3. The molecular weight excluding hydrogens is 509 g/mol. The molecule has 2 aromatic heterocycles. The molecule has 3 aliphatic rings. The van der Waals surface area contributed by atoms with Crippen molar-refractivity contribution in [2.24, 2.45) is 17.8 Å². The Labute approximate surface area is 221 Å². The maximum Gasteiger partial charge on any atom is 0.417 e. The van der Waals surface area contributed by atoms with Gasteiger partial charge in [0.25, 0.3) is 0 Å². The van der Waals surface area contributed by atoms with Crippen LogP contribution < -0.4 is 4.90 Å². The first-order valence-corrected chi connectivity index (χ1v) is 12.9. The molecule has 198 valence electrons. The molecule has 2 aromatic carbocycles.